The molecule has 2 aliphatic rings. The summed E-state index contributed by atoms with van der Waals surface area (Å²) in [5.41, 5.74) is 7.22. The van der Waals surface area contributed by atoms with Gasteiger partial charge in [0.15, 0.2) is 0 Å². The summed E-state index contributed by atoms with van der Waals surface area (Å²) in [6.07, 6.45) is 11.2. The molecule has 1 aliphatic carbocycles. The lowest BCUT2D eigenvalue weighted by Crippen LogP contribution is -2.49. The van der Waals surface area contributed by atoms with Gasteiger partial charge in [-0.1, -0.05) is 79.7 Å². The van der Waals surface area contributed by atoms with Crippen molar-refractivity contribution < 1.29 is 10.2 Å². The van der Waals surface area contributed by atoms with E-state index in [0.29, 0.717) is 30.6 Å². The van der Waals surface area contributed by atoms with Crippen molar-refractivity contribution in [3.8, 4) is 0 Å². The van der Waals surface area contributed by atoms with Crippen LogP contribution in [0.5, 0.6) is 0 Å². The highest BCUT2D eigenvalue weighted by Crippen LogP contribution is 2.38. The van der Waals surface area contributed by atoms with Crippen LogP contribution in [0.3, 0.4) is 0 Å². The summed E-state index contributed by atoms with van der Waals surface area (Å²) >= 11 is 0. The van der Waals surface area contributed by atoms with E-state index < -0.39 is 0 Å². The van der Waals surface area contributed by atoms with Crippen LogP contribution in [0.2, 0.25) is 0 Å². The SMILES string of the molecule is CCC(C)N1CC(c2ccc(/C(C3=CC=C(O)CC=C3)=C(/CCCO)c3ccccc3)cc2)C1. The van der Waals surface area contributed by atoms with Crippen molar-refractivity contribution in [3.63, 3.8) is 0 Å². The topological polar surface area (TPSA) is 43.7 Å². The maximum atomic E-state index is 10.1. The molecule has 1 aliphatic heterocycles. The molecule has 1 atom stereocenters. The zero-order valence-electron chi connectivity index (χ0n) is 20.5. The molecule has 3 heteroatoms. The molecule has 0 radical (unpaired) electrons. The minimum Gasteiger partial charge on any atom is -0.512 e. The van der Waals surface area contributed by atoms with Crippen molar-refractivity contribution in [2.75, 3.05) is 19.7 Å². The average molecular weight is 456 g/mol. The molecule has 34 heavy (non-hydrogen) atoms. The number of likely N-dealkylation sites (tertiary alicyclic amines) is 1. The predicted octanol–water partition coefficient (Wildman–Crippen LogP) is 6.90. The molecule has 3 nitrogen and oxygen atoms in total. The van der Waals surface area contributed by atoms with Crippen molar-refractivity contribution in [1.29, 1.82) is 0 Å². The first-order valence-corrected chi connectivity index (χ1v) is 12.6. The first-order valence-electron chi connectivity index (χ1n) is 12.6. The van der Waals surface area contributed by atoms with Gasteiger partial charge in [0, 0.05) is 38.1 Å². The lowest BCUT2D eigenvalue weighted by molar-refractivity contribution is 0.0982. The number of aliphatic hydroxyl groups excluding tert-OH is 2. The highest BCUT2D eigenvalue weighted by atomic mass is 16.3. The van der Waals surface area contributed by atoms with Crippen molar-refractivity contribution >= 4 is 11.1 Å². The van der Waals surface area contributed by atoms with Gasteiger partial charge in [-0.05, 0) is 65.7 Å². The van der Waals surface area contributed by atoms with Crippen LogP contribution in [0, 0.1) is 0 Å². The molecule has 0 spiro atoms. The zero-order chi connectivity index (χ0) is 23.9. The monoisotopic (exact) mass is 455 g/mol. The van der Waals surface area contributed by atoms with Gasteiger partial charge in [0.1, 0.15) is 0 Å². The van der Waals surface area contributed by atoms with Gasteiger partial charge < -0.3 is 10.2 Å². The van der Waals surface area contributed by atoms with Gasteiger partial charge in [0.25, 0.3) is 0 Å². The minimum atomic E-state index is 0.159. The second-order valence-corrected chi connectivity index (χ2v) is 9.46. The molecule has 2 aromatic carbocycles. The molecule has 1 unspecified atom stereocenters. The quantitative estimate of drug-likeness (QED) is 0.404. The third kappa shape index (κ3) is 5.60. The highest BCUT2D eigenvalue weighted by Gasteiger charge is 2.30. The summed E-state index contributed by atoms with van der Waals surface area (Å²) in [5.74, 6) is 0.976. The van der Waals surface area contributed by atoms with E-state index in [9.17, 15) is 10.2 Å². The van der Waals surface area contributed by atoms with Crippen molar-refractivity contribution in [3.05, 3.63) is 107 Å². The molecule has 0 saturated carbocycles. The Morgan fingerprint density at radius 3 is 2.41 bits per heavy atom. The summed E-state index contributed by atoms with van der Waals surface area (Å²) in [6.45, 7) is 7.01. The number of benzene rings is 2. The number of nitrogens with zero attached hydrogens (tertiary/aromatic N) is 1. The van der Waals surface area contributed by atoms with Crippen LogP contribution < -0.4 is 0 Å². The van der Waals surface area contributed by atoms with E-state index in [2.05, 4.69) is 73.4 Å². The number of hydrogen-bond acceptors (Lipinski definition) is 3. The molecule has 0 bridgehead atoms. The van der Waals surface area contributed by atoms with Gasteiger partial charge in [-0.3, -0.25) is 4.90 Å². The summed E-state index contributed by atoms with van der Waals surface area (Å²) in [7, 11) is 0. The first-order chi connectivity index (χ1) is 16.6. The summed E-state index contributed by atoms with van der Waals surface area (Å²) in [6, 6.07) is 20.2. The summed E-state index contributed by atoms with van der Waals surface area (Å²) in [5, 5.41) is 19.7. The summed E-state index contributed by atoms with van der Waals surface area (Å²) < 4.78 is 0. The van der Waals surface area contributed by atoms with E-state index in [1.54, 1.807) is 6.08 Å². The van der Waals surface area contributed by atoms with Crippen molar-refractivity contribution in [2.24, 2.45) is 0 Å². The number of hydrogen-bond donors (Lipinski definition) is 2. The first kappa shape index (κ1) is 24.3. The van der Waals surface area contributed by atoms with Crippen LogP contribution in [-0.2, 0) is 0 Å². The lowest BCUT2D eigenvalue weighted by atomic mass is 9.84. The van der Waals surface area contributed by atoms with Crippen LogP contribution in [0.1, 0.15) is 62.1 Å². The van der Waals surface area contributed by atoms with Crippen LogP contribution in [0.15, 0.2) is 90.2 Å². The highest BCUT2D eigenvalue weighted by molar-refractivity contribution is 6.00. The molecule has 4 rings (SSSR count). The van der Waals surface area contributed by atoms with Gasteiger partial charge in [-0.25, -0.2) is 0 Å². The maximum Gasteiger partial charge on any atom is 0.0960 e. The molecule has 1 fully saturated rings. The van der Waals surface area contributed by atoms with Crippen LogP contribution in [0.4, 0.5) is 0 Å². The summed E-state index contributed by atoms with van der Waals surface area (Å²) in [4.78, 5) is 2.56. The fourth-order valence-electron chi connectivity index (χ4n) is 4.87. The lowest BCUT2D eigenvalue weighted by Gasteiger charge is -2.43. The van der Waals surface area contributed by atoms with E-state index in [1.165, 1.54) is 34.3 Å². The van der Waals surface area contributed by atoms with E-state index in [4.69, 9.17) is 0 Å². The van der Waals surface area contributed by atoms with Crippen LogP contribution in [-0.4, -0.2) is 40.9 Å². The fourth-order valence-corrected chi connectivity index (χ4v) is 4.87. The van der Waals surface area contributed by atoms with E-state index in [-0.39, 0.29) is 6.61 Å². The predicted molar refractivity (Wildman–Crippen MR) is 143 cm³/mol. The van der Waals surface area contributed by atoms with E-state index >= 15 is 0 Å². The van der Waals surface area contributed by atoms with Crippen molar-refractivity contribution in [1.82, 2.24) is 4.90 Å². The molecule has 178 valence electrons. The Hall–Kier alpha value is -2.88. The number of aliphatic hydroxyl groups is 2. The number of rotatable bonds is 9. The van der Waals surface area contributed by atoms with Gasteiger partial charge in [-0.2, -0.15) is 0 Å². The molecule has 2 aromatic rings. The molecule has 1 saturated heterocycles. The molecule has 0 amide bonds. The molecule has 0 aromatic heterocycles. The normalized spacial score (nSPS) is 18.4. The fraction of sp³-hybridized carbons (Fsp3) is 0.355. The second-order valence-electron chi connectivity index (χ2n) is 9.46. The third-order valence-electron chi connectivity index (χ3n) is 7.17. The van der Waals surface area contributed by atoms with E-state index in [0.717, 1.165) is 25.1 Å². The van der Waals surface area contributed by atoms with Gasteiger partial charge >= 0.3 is 0 Å². The number of allylic oxidation sites excluding steroid dienone is 7. The smallest absolute Gasteiger partial charge is 0.0960 e. The Labute approximate surface area is 204 Å². The second kappa shape index (κ2) is 11.5. The van der Waals surface area contributed by atoms with Crippen LogP contribution in [0.25, 0.3) is 11.1 Å². The Bertz CT molecular complexity index is 1070. The Morgan fingerprint density at radius 1 is 1.00 bits per heavy atom. The Morgan fingerprint density at radius 2 is 1.74 bits per heavy atom. The third-order valence-corrected chi connectivity index (χ3v) is 7.17. The molecule has 2 N–H and O–H groups in total. The molecular weight excluding hydrogens is 418 g/mol. The zero-order valence-corrected chi connectivity index (χ0v) is 20.5. The standard InChI is InChI=1S/C31H37NO2/c1-3-23(2)32-21-28(22-32)24-14-16-27(17-15-24)31(26-11-7-12-29(34)19-18-26)30(13-8-20-33)25-9-5-4-6-10-25/h4-7,9-11,14-19,23,28,33-34H,3,8,12-13,20-22H2,1-2H3/b31-30-. The Balaban J connectivity index is 1.73. The van der Waals surface area contributed by atoms with Crippen molar-refractivity contribution in [2.45, 2.75) is 51.5 Å². The molecular formula is C31H37NO2. The van der Waals surface area contributed by atoms with Gasteiger partial charge in [0.2, 0.25) is 0 Å². The Kier molecular flexibility index (Phi) is 8.21. The maximum absolute atomic E-state index is 10.1. The molecule has 1 heterocycles. The van der Waals surface area contributed by atoms with Gasteiger partial charge in [0.05, 0.1) is 5.76 Å². The van der Waals surface area contributed by atoms with Gasteiger partial charge in [-0.15, -0.1) is 0 Å². The average Bonchev–Trinajstić information content (AvgIpc) is 3.06. The van der Waals surface area contributed by atoms with E-state index in [1.807, 2.05) is 18.2 Å². The largest absolute Gasteiger partial charge is 0.512 e. The van der Waals surface area contributed by atoms with Crippen LogP contribution >= 0.6 is 0 Å². The minimum absolute atomic E-state index is 0.159.